The third-order valence-electron chi connectivity index (χ3n) is 4.88. The Bertz CT molecular complexity index is 1040. The number of benzene rings is 2. The summed E-state index contributed by atoms with van der Waals surface area (Å²) >= 11 is 1.77. The van der Waals surface area contributed by atoms with Gasteiger partial charge in [0.1, 0.15) is 0 Å². The van der Waals surface area contributed by atoms with Crippen LogP contribution in [0.25, 0.3) is 32.7 Å². The first-order chi connectivity index (χ1) is 12.9. The second-order valence-electron chi connectivity index (χ2n) is 6.63. The molecule has 1 fully saturated rings. The van der Waals surface area contributed by atoms with Crippen molar-refractivity contribution in [2.75, 3.05) is 18.0 Å². The Hall–Kier alpha value is -2.72. The molecule has 0 saturated carbocycles. The Balaban J connectivity index is 1.73. The van der Waals surface area contributed by atoms with Crippen LogP contribution in [-0.4, -0.2) is 23.1 Å². The number of rotatable bonds is 3. The highest BCUT2D eigenvalue weighted by atomic mass is 32.1. The van der Waals surface area contributed by atoms with E-state index in [0.29, 0.717) is 0 Å². The molecule has 0 aliphatic carbocycles. The van der Waals surface area contributed by atoms with Gasteiger partial charge in [-0.25, -0.2) is 4.98 Å². The summed E-state index contributed by atoms with van der Waals surface area (Å²) in [6.07, 6.45) is 2.51. The minimum absolute atomic E-state index is 0.858. The molecule has 4 aromatic rings. The molecule has 1 aliphatic rings. The Morgan fingerprint density at radius 1 is 0.769 bits per heavy atom. The number of aromatic nitrogens is 2. The van der Waals surface area contributed by atoms with E-state index in [1.807, 2.05) is 6.07 Å². The summed E-state index contributed by atoms with van der Waals surface area (Å²) in [6, 6.07) is 23.1. The van der Waals surface area contributed by atoms with Gasteiger partial charge in [-0.2, -0.15) is 4.98 Å². The Morgan fingerprint density at radius 2 is 1.42 bits per heavy atom. The summed E-state index contributed by atoms with van der Waals surface area (Å²) in [5.74, 6) is 0. The molecule has 0 spiro atoms. The molecule has 1 aliphatic heterocycles. The average Bonchev–Trinajstić information content (AvgIpc) is 3.38. The van der Waals surface area contributed by atoms with Crippen LogP contribution < -0.4 is 4.90 Å². The second-order valence-corrected chi connectivity index (χ2v) is 7.61. The van der Waals surface area contributed by atoms with Crippen LogP contribution in [-0.2, 0) is 0 Å². The minimum atomic E-state index is 0.858. The van der Waals surface area contributed by atoms with Crippen molar-refractivity contribution in [3.05, 3.63) is 66.7 Å². The molecular weight excluding hydrogens is 338 g/mol. The van der Waals surface area contributed by atoms with Crippen LogP contribution in [0.2, 0.25) is 0 Å². The van der Waals surface area contributed by atoms with E-state index >= 15 is 0 Å². The molecule has 2 aromatic heterocycles. The molecule has 128 valence electrons. The van der Waals surface area contributed by atoms with E-state index in [1.54, 1.807) is 11.3 Å². The lowest BCUT2D eigenvalue weighted by Crippen LogP contribution is -2.16. The third kappa shape index (κ3) is 2.76. The summed E-state index contributed by atoms with van der Waals surface area (Å²) in [7, 11) is 0. The molecule has 0 radical (unpaired) electrons. The van der Waals surface area contributed by atoms with E-state index in [0.717, 1.165) is 35.1 Å². The van der Waals surface area contributed by atoms with Gasteiger partial charge < -0.3 is 4.90 Å². The summed E-state index contributed by atoms with van der Waals surface area (Å²) in [5, 5.41) is 1.10. The van der Waals surface area contributed by atoms with E-state index in [2.05, 4.69) is 65.6 Å². The molecule has 2 aromatic carbocycles. The lowest BCUT2D eigenvalue weighted by Gasteiger charge is -2.11. The fourth-order valence-corrected chi connectivity index (χ4v) is 4.63. The third-order valence-corrected chi connectivity index (χ3v) is 6.02. The lowest BCUT2D eigenvalue weighted by molar-refractivity contribution is 0.949. The highest BCUT2D eigenvalue weighted by Crippen LogP contribution is 2.38. The van der Waals surface area contributed by atoms with E-state index < -0.39 is 0 Å². The van der Waals surface area contributed by atoms with Crippen LogP contribution in [0, 0.1) is 0 Å². The van der Waals surface area contributed by atoms with Crippen molar-refractivity contribution in [2.45, 2.75) is 12.8 Å². The number of nitrogens with zero attached hydrogens (tertiary/aromatic N) is 3. The van der Waals surface area contributed by atoms with Gasteiger partial charge in [0, 0.05) is 24.2 Å². The van der Waals surface area contributed by atoms with E-state index in [-0.39, 0.29) is 0 Å². The van der Waals surface area contributed by atoms with Gasteiger partial charge >= 0.3 is 0 Å². The van der Waals surface area contributed by atoms with Gasteiger partial charge in [0.2, 0.25) is 0 Å². The Kier molecular flexibility index (Phi) is 3.91. The van der Waals surface area contributed by atoms with Crippen LogP contribution in [0.15, 0.2) is 66.7 Å². The molecule has 3 heterocycles. The highest BCUT2D eigenvalue weighted by molar-refractivity contribution is 7.22. The van der Waals surface area contributed by atoms with Crippen molar-refractivity contribution >= 4 is 26.8 Å². The average molecular weight is 357 g/mol. The standard InChI is InChI=1S/C22H19N3S/c1-3-9-16(10-4-1)18-15-19(17-11-5-2-6-12-17)23-21-20(18)26-22(24-21)25-13-7-8-14-25/h1-6,9-12,15H,7-8,13-14H2. The Morgan fingerprint density at radius 3 is 2.12 bits per heavy atom. The molecule has 3 nitrogen and oxygen atoms in total. The molecule has 1 saturated heterocycles. The van der Waals surface area contributed by atoms with Crippen molar-refractivity contribution in [1.82, 2.24) is 9.97 Å². The number of thiazole rings is 1. The molecule has 0 unspecified atom stereocenters. The molecule has 0 N–H and O–H groups in total. The fourth-order valence-electron chi connectivity index (χ4n) is 3.53. The predicted octanol–water partition coefficient (Wildman–Crippen LogP) is 5.63. The van der Waals surface area contributed by atoms with Gasteiger partial charge in [-0.1, -0.05) is 72.0 Å². The number of anilines is 1. The maximum atomic E-state index is 4.90. The van der Waals surface area contributed by atoms with Gasteiger partial charge in [0.25, 0.3) is 0 Å². The molecule has 0 atom stereocenters. The number of pyridine rings is 1. The monoisotopic (exact) mass is 357 g/mol. The lowest BCUT2D eigenvalue weighted by atomic mass is 10.0. The zero-order chi connectivity index (χ0) is 17.3. The van der Waals surface area contributed by atoms with Crippen LogP contribution in [0.1, 0.15) is 12.8 Å². The first-order valence-electron chi connectivity index (χ1n) is 9.06. The highest BCUT2D eigenvalue weighted by Gasteiger charge is 2.19. The number of fused-ring (bicyclic) bond motifs is 1. The molecule has 5 rings (SSSR count). The zero-order valence-corrected chi connectivity index (χ0v) is 15.2. The predicted molar refractivity (Wildman–Crippen MR) is 110 cm³/mol. The first kappa shape index (κ1) is 15.5. The van der Waals surface area contributed by atoms with E-state index in [4.69, 9.17) is 9.97 Å². The van der Waals surface area contributed by atoms with Crippen molar-refractivity contribution in [2.24, 2.45) is 0 Å². The minimum Gasteiger partial charge on any atom is -0.348 e. The normalized spacial score (nSPS) is 14.2. The second kappa shape index (κ2) is 6.54. The van der Waals surface area contributed by atoms with Gasteiger partial charge in [-0.3, -0.25) is 0 Å². The number of hydrogen-bond acceptors (Lipinski definition) is 4. The molecule has 0 bridgehead atoms. The molecule has 0 amide bonds. The molecule has 26 heavy (non-hydrogen) atoms. The van der Waals surface area contributed by atoms with Crippen molar-refractivity contribution in [1.29, 1.82) is 0 Å². The maximum absolute atomic E-state index is 4.90. The Labute approximate surface area is 157 Å². The van der Waals surface area contributed by atoms with Gasteiger partial charge in [0.15, 0.2) is 10.8 Å². The number of hydrogen-bond donors (Lipinski definition) is 0. The van der Waals surface area contributed by atoms with Gasteiger partial charge in [-0.05, 0) is 24.5 Å². The van der Waals surface area contributed by atoms with Crippen molar-refractivity contribution < 1.29 is 0 Å². The van der Waals surface area contributed by atoms with Gasteiger partial charge in [0.05, 0.1) is 10.4 Å². The topological polar surface area (TPSA) is 29.0 Å². The zero-order valence-electron chi connectivity index (χ0n) is 14.4. The smallest absolute Gasteiger partial charge is 0.188 e. The van der Waals surface area contributed by atoms with Crippen LogP contribution in [0.5, 0.6) is 0 Å². The fraction of sp³-hybridized carbons (Fsp3) is 0.182. The summed E-state index contributed by atoms with van der Waals surface area (Å²) in [5.41, 5.74) is 5.40. The molecular formula is C22H19N3S. The van der Waals surface area contributed by atoms with Crippen LogP contribution in [0.3, 0.4) is 0 Å². The summed E-state index contributed by atoms with van der Waals surface area (Å²) in [6.45, 7) is 2.21. The van der Waals surface area contributed by atoms with Crippen molar-refractivity contribution in [3.8, 4) is 22.4 Å². The van der Waals surface area contributed by atoms with Crippen molar-refractivity contribution in [3.63, 3.8) is 0 Å². The SMILES string of the molecule is c1ccc(-c2cc(-c3ccccc3)c3sc(N4CCCC4)nc3n2)cc1. The first-order valence-corrected chi connectivity index (χ1v) is 9.87. The van der Waals surface area contributed by atoms with Crippen LogP contribution in [0.4, 0.5) is 5.13 Å². The quantitative estimate of drug-likeness (QED) is 0.476. The van der Waals surface area contributed by atoms with Gasteiger partial charge in [-0.15, -0.1) is 0 Å². The largest absolute Gasteiger partial charge is 0.348 e. The summed E-state index contributed by atoms with van der Waals surface area (Å²) in [4.78, 5) is 12.2. The maximum Gasteiger partial charge on any atom is 0.188 e. The summed E-state index contributed by atoms with van der Waals surface area (Å²) < 4.78 is 1.18. The molecule has 4 heteroatoms. The van der Waals surface area contributed by atoms with Crippen LogP contribution >= 0.6 is 11.3 Å². The van der Waals surface area contributed by atoms with E-state index in [9.17, 15) is 0 Å². The van der Waals surface area contributed by atoms with E-state index in [1.165, 1.54) is 28.7 Å².